The zero-order valence-electron chi connectivity index (χ0n) is 34.4. The molecular formula is C59H35N3O2. The highest BCUT2D eigenvalue weighted by atomic mass is 16.3. The molecule has 3 aromatic heterocycles. The van der Waals surface area contributed by atoms with Gasteiger partial charge in [-0.05, 0) is 91.3 Å². The highest BCUT2D eigenvalue weighted by Gasteiger charge is 2.26. The summed E-state index contributed by atoms with van der Waals surface area (Å²) in [5.74, 6) is 1.53. The van der Waals surface area contributed by atoms with Crippen LogP contribution in [-0.4, -0.2) is 15.0 Å². The Hall–Kier alpha value is -8.67. The van der Waals surface area contributed by atoms with Gasteiger partial charge in [-0.15, -0.1) is 0 Å². The van der Waals surface area contributed by atoms with Crippen molar-refractivity contribution in [2.24, 2.45) is 0 Å². The summed E-state index contributed by atoms with van der Waals surface area (Å²) in [4.78, 5) is 16.5. The van der Waals surface area contributed by atoms with Gasteiger partial charge in [0.2, 0.25) is 0 Å². The third kappa shape index (κ3) is 5.75. The minimum absolute atomic E-state index is 0.498. The van der Waals surface area contributed by atoms with E-state index in [-0.39, 0.29) is 0 Å². The minimum atomic E-state index is 0.498. The van der Waals surface area contributed by atoms with Crippen molar-refractivity contribution in [3.63, 3.8) is 0 Å². The van der Waals surface area contributed by atoms with Crippen LogP contribution in [0.25, 0.3) is 133 Å². The Morgan fingerprint density at radius 1 is 0.266 bits per heavy atom. The first-order valence-corrected chi connectivity index (χ1v) is 21.5. The van der Waals surface area contributed by atoms with Crippen LogP contribution in [-0.2, 0) is 0 Å². The smallest absolute Gasteiger partial charge is 0.167 e. The SMILES string of the molecule is c1ccc(-c2cc(-c3cccc4ccccc34)c(-c3nc(-c4cccc5c4oc4ccccc45)nc(-c4cccc5c4oc4ccccc45)n3)c(-c3cccc4ccccc34)c2)cc1. The van der Waals surface area contributed by atoms with Crippen LogP contribution in [0.3, 0.4) is 0 Å². The zero-order chi connectivity index (χ0) is 42.1. The first-order valence-electron chi connectivity index (χ1n) is 21.5. The number of aromatic nitrogens is 3. The Morgan fingerprint density at radius 2 is 0.656 bits per heavy atom. The molecule has 13 aromatic rings. The number of rotatable bonds is 6. The molecule has 0 N–H and O–H groups in total. The molecule has 0 radical (unpaired) electrons. The summed E-state index contributed by atoms with van der Waals surface area (Å²) in [6, 6.07) is 74.2. The van der Waals surface area contributed by atoms with E-state index in [1.54, 1.807) is 0 Å². The van der Waals surface area contributed by atoms with Gasteiger partial charge >= 0.3 is 0 Å². The fourth-order valence-corrected chi connectivity index (χ4v) is 9.60. The van der Waals surface area contributed by atoms with Gasteiger partial charge in [-0.3, -0.25) is 0 Å². The van der Waals surface area contributed by atoms with Crippen molar-refractivity contribution in [1.29, 1.82) is 0 Å². The Morgan fingerprint density at radius 3 is 1.19 bits per heavy atom. The summed E-state index contributed by atoms with van der Waals surface area (Å²) in [5, 5.41) is 8.62. The predicted molar refractivity (Wildman–Crippen MR) is 262 cm³/mol. The molecule has 5 heteroatoms. The summed E-state index contributed by atoms with van der Waals surface area (Å²) in [7, 11) is 0. The van der Waals surface area contributed by atoms with Gasteiger partial charge in [-0.2, -0.15) is 0 Å². The second-order valence-electron chi connectivity index (χ2n) is 16.2. The van der Waals surface area contributed by atoms with Gasteiger partial charge in [-0.25, -0.2) is 15.0 Å². The van der Waals surface area contributed by atoms with Gasteiger partial charge in [0.15, 0.2) is 17.5 Å². The van der Waals surface area contributed by atoms with Crippen molar-refractivity contribution in [1.82, 2.24) is 15.0 Å². The Labute approximate surface area is 367 Å². The third-order valence-electron chi connectivity index (χ3n) is 12.6. The molecule has 10 aromatic carbocycles. The van der Waals surface area contributed by atoms with Crippen LogP contribution in [0.15, 0.2) is 221 Å². The molecule has 0 spiro atoms. The van der Waals surface area contributed by atoms with E-state index < -0.39 is 0 Å². The molecule has 0 aliphatic rings. The average molecular weight is 818 g/mol. The summed E-state index contributed by atoms with van der Waals surface area (Å²) < 4.78 is 13.3. The normalized spacial score (nSPS) is 11.8. The molecule has 0 unspecified atom stereocenters. The topological polar surface area (TPSA) is 65.0 Å². The third-order valence-corrected chi connectivity index (χ3v) is 12.6. The van der Waals surface area contributed by atoms with Gasteiger partial charge in [0.25, 0.3) is 0 Å². The predicted octanol–water partition coefficient (Wildman–Crippen LogP) is 16.0. The van der Waals surface area contributed by atoms with E-state index in [1.807, 2.05) is 48.5 Å². The number of nitrogens with zero attached hydrogens (tertiary/aromatic N) is 3. The maximum atomic E-state index is 6.67. The standard InChI is InChI=1S/C59H35N3O2/c1-2-16-36(17-3-1)39-34-50(42-26-12-20-37-18-4-6-22-40(37)42)54(51(35-39)43-27-13-21-38-19-5-7-23-41(38)43)59-61-57(48-30-14-28-46-44-24-8-10-32-52(44)63-55(46)48)60-58(62-59)49-31-15-29-47-45-25-9-11-33-53(45)64-56(47)49/h1-35H. The van der Waals surface area contributed by atoms with E-state index in [4.69, 9.17) is 23.8 Å². The molecule has 5 nitrogen and oxygen atoms in total. The van der Waals surface area contributed by atoms with Crippen molar-refractivity contribution in [2.75, 3.05) is 0 Å². The molecule has 0 bridgehead atoms. The Kier molecular flexibility index (Phi) is 8.15. The first kappa shape index (κ1) is 36.0. The van der Waals surface area contributed by atoms with Gasteiger partial charge in [-0.1, -0.05) is 176 Å². The molecule has 0 saturated carbocycles. The van der Waals surface area contributed by atoms with Crippen molar-refractivity contribution < 1.29 is 8.83 Å². The second-order valence-corrected chi connectivity index (χ2v) is 16.2. The molecule has 298 valence electrons. The lowest BCUT2D eigenvalue weighted by Crippen LogP contribution is -2.03. The zero-order valence-corrected chi connectivity index (χ0v) is 34.4. The maximum absolute atomic E-state index is 6.67. The summed E-state index contributed by atoms with van der Waals surface area (Å²) in [6.45, 7) is 0. The van der Waals surface area contributed by atoms with E-state index in [9.17, 15) is 0 Å². The monoisotopic (exact) mass is 817 g/mol. The van der Waals surface area contributed by atoms with Gasteiger partial charge < -0.3 is 8.83 Å². The van der Waals surface area contributed by atoms with Crippen molar-refractivity contribution in [3.8, 4) is 67.5 Å². The number of fused-ring (bicyclic) bond motifs is 8. The number of benzene rings is 10. The van der Waals surface area contributed by atoms with Crippen LogP contribution in [0, 0.1) is 0 Å². The van der Waals surface area contributed by atoms with Gasteiger partial charge in [0.1, 0.15) is 22.3 Å². The van der Waals surface area contributed by atoms with E-state index in [2.05, 4.69) is 164 Å². The van der Waals surface area contributed by atoms with Crippen LogP contribution >= 0.6 is 0 Å². The number of hydrogen-bond acceptors (Lipinski definition) is 5. The van der Waals surface area contributed by atoms with Crippen LogP contribution in [0.4, 0.5) is 0 Å². The van der Waals surface area contributed by atoms with Gasteiger partial charge in [0.05, 0.1) is 11.1 Å². The molecule has 0 atom stereocenters. The average Bonchev–Trinajstić information content (AvgIpc) is 3.95. The lowest BCUT2D eigenvalue weighted by Gasteiger charge is -2.20. The quantitative estimate of drug-likeness (QED) is 0.167. The summed E-state index contributed by atoms with van der Waals surface area (Å²) in [5.41, 5.74) is 11.9. The van der Waals surface area contributed by atoms with E-state index in [0.717, 1.165) is 115 Å². The molecule has 0 amide bonds. The summed E-state index contributed by atoms with van der Waals surface area (Å²) >= 11 is 0. The van der Waals surface area contributed by atoms with Crippen molar-refractivity contribution in [2.45, 2.75) is 0 Å². The minimum Gasteiger partial charge on any atom is -0.455 e. The molecule has 13 rings (SSSR count). The second kappa shape index (κ2) is 14.5. The first-order chi connectivity index (χ1) is 31.7. The Balaban J connectivity index is 1.20. The van der Waals surface area contributed by atoms with Gasteiger partial charge in [0, 0.05) is 27.1 Å². The molecule has 3 heterocycles. The molecule has 0 aliphatic heterocycles. The van der Waals surface area contributed by atoms with Crippen LogP contribution in [0.5, 0.6) is 0 Å². The largest absolute Gasteiger partial charge is 0.455 e. The fraction of sp³-hybridized carbons (Fsp3) is 0. The molecule has 0 aliphatic carbocycles. The molecule has 0 saturated heterocycles. The Bertz CT molecular complexity index is 3730. The van der Waals surface area contributed by atoms with Crippen molar-refractivity contribution >= 4 is 65.4 Å². The van der Waals surface area contributed by atoms with Crippen molar-refractivity contribution in [3.05, 3.63) is 212 Å². The molecule has 0 fully saturated rings. The number of furan rings is 2. The molecule has 64 heavy (non-hydrogen) atoms. The molecular weight excluding hydrogens is 783 g/mol. The van der Waals surface area contributed by atoms with E-state index in [0.29, 0.717) is 17.5 Å². The lowest BCUT2D eigenvalue weighted by molar-refractivity contribution is 0.669. The highest BCUT2D eigenvalue weighted by molar-refractivity contribution is 6.12. The lowest BCUT2D eigenvalue weighted by atomic mass is 9.84. The van der Waals surface area contributed by atoms with E-state index in [1.165, 1.54) is 0 Å². The van der Waals surface area contributed by atoms with Crippen LogP contribution < -0.4 is 0 Å². The summed E-state index contributed by atoms with van der Waals surface area (Å²) in [6.07, 6.45) is 0. The number of hydrogen-bond donors (Lipinski definition) is 0. The maximum Gasteiger partial charge on any atom is 0.167 e. The fourth-order valence-electron chi connectivity index (χ4n) is 9.60. The van der Waals surface area contributed by atoms with E-state index >= 15 is 0 Å². The van der Waals surface area contributed by atoms with Crippen LogP contribution in [0.1, 0.15) is 0 Å². The highest BCUT2D eigenvalue weighted by Crippen LogP contribution is 2.47. The number of para-hydroxylation sites is 4. The van der Waals surface area contributed by atoms with Crippen LogP contribution in [0.2, 0.25) is 0 Å².